The van der Waals surface area contributed by atoms with Crippen LogP contribution >= 0.6 is 8.46 Å². The lowest BCUT2D eigenvalue weighted by atomic mass is 10.1. The topological polar surface area (TPSA) is 37.3 Å². The summed E-state index contributed by atoms with van der Waals surface area (Å²) in [5.74, 6) is 0. The summed E-state index contributed by atoms with van der Waals surface area (Å²) in [5, 5.41) is 8.57. The summed E-state index contributed by atoms with van der Waals surface area (Å²) in [6.07, 6.45) is 0.446. The van der Waals surface area contributed by atoms with Crippen LogP contribution in [0, 0.1) is 0 Å². The van der Waals surface area contributed by atoms with Gasteiger partial charge in [0.25, 0.3) is 0 Å². The molecule has 1 aromatic rings. The zero-order valence-corrected chi connectivity index (χ0v) is 7.79. The predicted octanol–water partition coefficient (Wildman–Crippen LogP) is 2.53. The quantitative estimate of drug-likeness (QED) is 0.729. The Balaban J connectivity index is 3.03. The van der Waals surface area contributed by atoms with E-state index in [1.54, 1.807) is 19.1 Å². The van der Waals surface area contributed by atoms with Crippen molar-refractivity contribution in [2.75, 3.05) is 0 Å². The molecule has 3 heteroatoms. The monoisotopic (exact) mass is 182 g/mol. The third-order valence-corrected chi connectivity index (χ3v) is 2.76. The lowest BCUT2D eigenvalue weighted by Crippen LogP contribution is -2.15. The largest absolute Gasteiger partial charge is 0.373 e. The molecule has 0 saturated heterocycles. The molecule has 0 saturated carbocycles. The van der Waals surface area contributed by atoms with Gasteiger partial charge in [0.1, 0.15) is 0 Å². The molecular formula is C9H11O2P. The van der Waals surface area contributed by atoms with Crippen LogP contribution in [-0.4, -0.2) is 5.11 Å². The van der Waals surface area contributed by atoms with Gasteiger partial charge in [-0.3, -0.25) is 4.57 Å². The van der Waals surface area contributed by atoms with Crippen molar-refractivity contribution in [2.24, 2.45) is 0 Å². The maximum absolute atomic E-state index is 10.7. The molecule has 0 heterocycles. The minimum Gasteiger partial charge on any atom is -0.373 e. The molecule has 1 rings (SSSR count). The molecule has 0 fully saturated rings. The Morgan fingerprint density at radius 3 is 2.42 bits per heavy atom. The van der Waals surface area contributed by atoms with Gasteiger partial charge in [0, 0.05) is 0 Å². The van der Waals surface area contributed by atoms with E-state index < -0.39 is 5.34 Å². The Kier molecular flexibility index (Phi) is 2.96. The van der Waals surface area contributed by atoms with Crippen LogP contribution in [-0.2, 0) is 9.91 Å². The van der Waals surface area contributed by atoms with Crippen LogP contribution in [0.15, 0.2) is 30.3 Å². The lowest BCUT2D eigenvalue weighted by Gasteiger charge is -2.18. The molecule has 2 nitrogen and oxygen atoms in total. The third-order valence-electron chi connectivity index (χ3n) is 1.88. The highest BCUT2D eigenvalue weighted by atomic mass is 31.1. The first kappa shape index (κ1) is 9.37. The lowest BCUT2D eigenvalue weighted by molar-refractivity contribution is 0.126. The van der Waals surface area contributed by atoms with Crippen LogP contribution in [0.25, 0.3) is 0 Å². The van der Waals surface area contributed by atoms with Crippen molar-refractivity contribution in [3.05, 3.63) is 35.9 Å². The summed E-state index contributed by atoms with van der Waals surface area (Å²) in [6, 6.07) is 9.05. The van der Waals surface area contributed by atoms with Crippen molar-refractivity contribution >= 4 is 8.46 Å². The fraction of sp³-hybridized carbons (Fsp3) is 0.333. The van der Waals surface area contributed by atoms with E-state index in [1.165, 1.54) is 0 Å². The predicted molar refractivity (Wildman–Crippen MR) is 48.2 cm³/mol. The minimum atomic E-state index is -1.21. The van der Waals surface area contributed by atoms with Gasteiger partial charge >= 0.3 is 0 Å². The maximum Gasteiger partial charge on any atom is 0.195 e. The van der Waals surface area contributed by atoms with Crippen molar-refractivity contribution in [2.45, 2.75) is 18.7 Å². The van der Waals surface area contributed by atoms with Crippen LogP contribution in [0.5, 0.6) is 0 Å². The highest BCUT2D eigenvalue weighted by Crippen LogP contribution is 2.34. The Bertz CT molecular complexity index is 260. The SMILES string of the molecule is CCC(O)(P=O)c1ccccc1. The van der Waals surface area contributed by atoms with Gasteiger partial charge in [0.15, 0.2) is 13.8 Å². The normalized spacial score (nSPS) is 15.8. The van der Waals surface area contributed by atoms with Crippen LogP contribution in [0.1, 0.15) is 18.9 Å². The first-order valence-electron chi connectivity index (χ1n) is 3.85. The summed E-state index contributed by atoms with van der Waals surface area (Å²) in [5.41, 5.74) is 0.698. The summed E-state index contributed by atoms with van der Waals surface area (Å²) in [4.78, 5) is 0. The molecule has 0 spiro atoms. The van der Waals surface area contributed by atoms with Crippen LogP contribution < -0.4 is 0 Å². The highest BCUT2D eigenvalue weighted by Gasteiger charge is 2.27. The molecule has 0 aromatic heterocycles. The molecule has 0 amide bonds. The van der Waals surface area contributed by atoms with Gasteiger partial charge in [0.05, 0.1) is 0 Å². The van der Waals surface area contributed by atoms with Gasteiger partial charge in [-0.2, -0.15) is 0 Å². The van der Waals surface area contributed by atoms with Crippen molar-refractivity contribution in [3.63, 3.8) is 0 Å². The summed E-state index contributed by atoms with van der Waals surface area (Å²) < 4.78 is 10.7. The Morgan fingerprint density at radius 2 is 2.00 bits per heavy atom. The molecule has 12 heavy (non-hydrogen) atoms. The van der Waals surface area contributed by atoms with Gasteiger partial charge < -0.3 is 5.11 Å². The number of hydrogen-bond donors (Lipinski definition) is 1. The third kappa shape index (κ3) is 1.71. The molecule has 1 atom stereocenters. The van der Waals surface area contributed by atoms with Crippen LogP contribution in [0.3, 0.4) is 0 Å². The maximum atomic E-state index is 10.7. The number of rotatable bonds is 3. The van der Waals surface area contributed by atoms with E-state index in [9.17, 15) is 9.67 Å². The van der Waals surface area contributed by atoms with E-state index in [1.807, 2.05) is 18.2 Å². The smallest absolute Gasteiger partial charge is 0.195 e. The summed E-state index contributed by atoms with van der Waals surface area (Å²) in [6.45, 7) is 1.80. The average molecular weight is 182 g/mol. The van der Waals surface area contributed by atoms with Crippen molar-refractivity contribution in [1.29, 1.82) is 0 Å². The van der Waals surface area contributed by atoms with E-state index in [2.05, 4.69) is 0 Å². The zero-order chi connectivity index (χ0) is 9.03. The van der Waals surface area contributed by atoms with Crippen LogP contribution in [0.2, 0.25) is 0 Å². The Morgan fingerprint density at radius 1 is 1.42 bits per heavy atom. The first-order valence-corrected chi connectivity index (χ1v) is 4.66. The molecule has 64 valence electrons. The van der Waals surface area contributed by atoms with Crippen molar-refractivity contribution in [3.8, 4) is 0 Å². The van der Waals surface area contributed by atoms with E-state index in [0.29, 0.717) is 12.0 Å². The first-order chi connectivity index (χ1) is 5.73. The number of benzene rings is 1. The molecule has 0 aliphatic heterocycles. The minimum absolute atomic E-state index is 0.242. The second-order valence-corrected chi connectivity index (χ2v) is 3.55. The fourth-order valence-corrected chi connectivity index (χ4v) is 1.41. The second kappa shape index (κ2) is 3.79. The summed E-state index contributed by atoms with van der Waals surface area (Å²) in [7, 11) is -0.242. The molecule has 0 aliphatic rings. The van der Waals surface area contributed by atoms with E-state index in [0.717, 1.165) is 0 Å². The highest BCUT2D eigenvalue weighted by molar-refractivity contribution is 7.25. The Labute approximate surface area is 73.4 Å². The van der Waals surface area contributed by atoms with Crippen molar-refractivity contribution < 1.29 is 9.67 Å². The summed E-state index contributed by atoms with van der Waals surface area (Å²) >= 11 is 0. The van der Waals surface area contributed by atoms with E-state index >= 15 is 0 Å². The Hall–Kier alpha value is -0.720. The van der Waals surface area contributed by atoms with Gasteiger partial charge in [-0.1, -0.05) is 37.3 Å². The average Bonchev–Trinajstić information content (AvgIpc) is 2.18. The molecule has 0 aliphatic carbocycles. The van der Waals surface area contributed by atoms with E-state index in [4.69, 9.17) is 0 Å². The van der Waals surface area contributed by atoms with Gasteiger partial charge in [0.2, 0.25) is 0 Å². The molecule has 0 bridgehead atoms. The molecule has 0 radical (unpaired) electrons. The number of hydrogen-bond acceptors (Lipinski definition) is 2. The van der Waals surface area contributed by atoms with Crippen LogP contribution in [0.4, 0.5) is 0 Å². The molecular weight excluding hydrogens is 171 g/mol. The van der Waals surface area contributed by atoms with Gasteiger partial charge in [-0.05, 0) is 12.0 Å². The van der Waals surface area contributed by atoms with Crippen molar-refractivity contribution in [1.82, 2.24) is 0 Å². The zero-order valence-electron chi connectivity index (χ0n) is 6.90. The fourth-order valence-electron chi connectivity index (χ4n) is 1.03. The van der Waals surface area contributed by atoms with Gasteiger partial charge in [-0.15, -0.1) is 0 Å². The molecule has 1 aromatic carbocycles. The number of aliphatic hydroxyl groups is 1. The molecule has 1 N–H and O–H groups in total. The standard InChI is InChI=1S/C9H11O2P/c1-2-9(10,12-11)8-6-4-3-5-7-8/h3-7,10H,2H2,1H3. The van der Waals surface area contributed by atoms with Gasteiger partial charge in [-0.25, -0.2) is 0 Å². The second-order valence-electron chi connectivity index (χ2n) is 2.63. The van der Waals surface area contributed by atoms with E-state index in [-0.39, 0.29) is 8.46 Å². The molecule has 1 unspecified atom stereocenters.